The number of amides is 1. The highest BCUT2D eigenvalue weighted by Gasteiger charge is 2.22. The molecule has 0 heterocycles. The summed E-state index contributed by atoms with van der Waals surface area (Å²) in [6, 6.07) is 21.9. The van der Waals surface area contributed by atoms with Crippen LogP contribution in [0.5, 0.6) is 5.75 Å². The molecular formula is C23H21NO4. The van der Waals surface area contributed by atoms with Crippen molar-refractivity contribution in [2.24, 2.45) is 0 Å². The molecule has 3 aromatic carbocycles. The summed E-state index contributed by atoms with van der Waals surface area (Å²) in [5.74, 6) is -1.35. The molecule has 0 spiro atoms. The predicted octanol–water partition coefficient (Wildman–Crippen LogP) is 4.55. The normalized spacial score (nSPS) is 11.5. The molecule has 0 radical (unpaired) electrons. The van der Waals surface area contributed by atoms with Crippen LogP contribution in [0.4, 0.5) is 5.69 Å². The van der Waals surface area contributed by atoms with E-state index in [2.05, 4.69) is 5.32 Å². The van der Waals surface area contributed by atoms with Gasteiger partial charge in [0.05, 0.1) is 0 Å². The average molecular weight is 375 g/mol. The zero-order valence-corrected chi connectivity index (χ0v) is 15.7. The van der Waals surface area contributed by atoms with Crippen molar-refractivity contribution >= 4 is 17.6 Å². The highest BCUT2D eigenvalue weighted by atomic mass is 16.5. The van der Waals surface area contributed by atoms with Crippen molar-refractivity contribution < 1.29 is 19.4 Å². The monoisotopic (exact) mass is 375 g/mol. The maximum absolute atomic E-state index is 12.6. The second kappa shape index (κ2) is 8.39. The third-order valence-corrected chi connectivity index (χ3v) is 4.38. The third kappa shape index (κ3) is 4.20. The Morgan fingerprint density at radius 1 is 0.929 bits per heavy atom. The highest BCUT2D eigenvalue weighted by molar-refractivity contribution is 6.00. The molecule has 142 valence electrons. The zero-order valence-electron chi connectivity index (χ0n) is 15.7. The topological polar surface area (TPSA) is 75.6 Å². The van der Waals surface area contributed by atoms with Crippen molar-refractivity contribution in [2.75, 3.05) is 5.32 Å². The number of hydrogen-bond acceptors (Lipinski definition) is 4. The third-order valence-electron chi connectivity index (χ3n) is 4.38. The van der Waals surface area contributed by atoms with Gasteiger partial charge in [0.2, 0.25) is 0 Å². The molecule has 2 N–H and O–H groups in total. The lowest BCUT2D eigenvalue weighted by molar-refractivity contribution is -0.123. The fourth-order valence-electron chi connectivity index (χ4n) is 2.80. The minimum atomic E-state index is -1.03. The molecule has 1 unspecified atom stereocenters. The van der Waals surface area contributed by atoms with E-state index in [-0.39, 0.29) is 11.3 Å². The summed E-state index contributed by atoms with van der Waals surface area (Å²) >= 11 is 0. The predicted molar refractivity (Wildman–Crippen MR) is 108 cm³/mol. The Labute approximate surface area is 163 Å². The van der Waals surface area contributed by atoms with Gasteiger partial charge in [-0.3, -0.25) is 4.79 Å². The van der Waals surface area contributed by atoms with Gasteiger partial charge < -0.3 is 15.2 Å². The molecule has 0 bridgehead atoms. The molecule has 0 aromatic heterocycles. The molecule has 5 heteroatoms. The number of aromatic hydroxyl groups is 1. The number of phenols is 1. The van der Waals surface area contributed by atoms with E-state index in [1.807, 2.05) is 48.5 Å². The van der Waals surface area contributed by atoms with Crippen LogP contribution < -0.4 is 5.32 Å². The van der Waals surface area contributed by atoms with Gasteiger partial charge in [-0.05, 0) is 37.1 Å². The van der Waals surface area contributed by atoms with Crippen LogP contribution in [0.25, 0.3) is 11.1 Å². The van der Waals surface area contributed by atoms with Gasteiger partial charge >= 0.3 is 5.97 Å². The molecule has 0 aliphatic carbocycles. The van der Waals surface area contributed by atoms with Gasteiger partial charge in [0.15, 0.2) is 6.10 Å². The van der Waals surface area contributed by atoms with Crippen LogP contribution in [0.2, 0.25) is 0 Å². The summed E-state index contributed by atoms with van der Waals surface area (Å²) in [5, 5.41) is 12.8. The van der Waals surface area contributed by atoms with Crippen LogP contribution in [0.1, 0.15) is 22.8 Å². The Balaban J connectivity index is 1.73. The van der Waals surface area contributed by atoms with E-state index < -0.39 is 18.0 Å². The van der Waals surface area contributed by atoms with Crippen molar-refractivity contribution in [3.63, 3.8) is 0 Å². The van der Waals surface area contributed by atoms with E-state index in [9.17, 15) is 14.7 Å². The number of para-hydroxylation sites is 2. The maximum Gasteiger partial charge on any atom is 0.342 e. The van der Waals surface area contributed by atoms with Crippen LogP contribution in [0.3, 0.4) is 0 Å². The number of phenolic OH excluding ortho intramolecular Hbond substituents is 1. The first-order valence-corrected chi connectivity index (χ1v) is 8.92. The quantitative estimate of drug-likeness (QED) is 0.642. The van der Waals surface area contributed by atoms with E-state index in [1.165, 1.54) is 13.0 Å². The van der Waals surface area contributed by atoms with Gasteiger partial charge in [-0.1, -0.05) is 60.7 Å². The summed E-state index contributed by atoms with van der Waals surface area (Å²) in [6.07, 6.45) is -1.03. The number of carbonyl (C=O) groups excluding carboxylic acids is 2. The van der Waals surface area contributed by atoms with Gasteiger partial charge in [0, 0.05) is 11.3 Å². The lowest BCUT2D eigenvalue weighted by Gasteiger charge is -2.16. The van der Waals surface area contributed by atoms with Gasteiger partial charge in [0.1, 0.15) is 11.3 Å². The van der Waals surface area contributed by atoms with E-state index in [0.717, 1.165) is 11.1 Å². The molecular weight excluding hydrogens is 354 g/mol. The lowest BCUT2D eigenvalue weighted by atomic mass is 10.0. The van der Waals surface area contributed by atoms with E-state index in [1.54, 1.807) is 25.1 Å². The number of hydrogen-bond donors (Lipinski definition) is 2. The molecule has 3 rings (SSSR count). The fraction of sp³-hybridized carbons (Fsp3) is 0.130. The Bertz CT molecular complexity index is 998. The first kappa shape index (κ1) is 19.2. The van der Waals surface area contributed by atoms with Gasteiger partial charge in [-0.2, -0.15) is 0 Å². The number of aryl methyl sites for hydroxylation is 1. The largest absolute Gasteiger partial charge is 0.507 e. The summed E-state index contributed by atoms with van der Waals surface area (Å²) in [5.41, 5.74) is 3.05. The highest BCUT2D eigenvalue weighted by Crippen LogP contribution is 2.28. The van der Waals surface area contributed by atoms with E-state index >= 15 is 0 Å². The molecule has 0 aliphatic heterocycles. The molecule has 0 saturated heterocycles. The first-order valence-electron chi connectivity index (χ1n) is 8.92. The van der Waals surface area contributed by atoms with Crippen molar-refractivity contribution in [1.29, 1.82) is 0 Å². The zero-order chi connectivity index (χ0) is 20.1. The molecule has 0 aliphatic rings. The van der Waals surface area contributed by atoms with E-state index in [0.29, 0.717) is 11.3 Å². The molecule has 1 atom stereocenters. The van der Waals surface area contributed by atoms with E-state index in [4.69, 9.17) is 4.74 Å². The van der Waals surface area contributed by atoms with Crippen LogP contribution in [-0.2, 0) is 9.53 Å². The van der Waals surface area contributed by atoms with Crippen molar-refractivity contribution in [2.45, 2.75) is 20.0 Å². The van der Waals surface area contributed by atoms with Gasteiger partial charge in [-0.25, -0.2) is 4.79 Å². The Morgan fingerprint density at radius 2 is 1.61 bits per heavy atom. The summed E-state index contributed by atoms with van der Waals surface area (Å²) in [4.78, 5) is 24.9. The summed E-state index contributed by atoms with van der Waals surface area (Å²) < 4.78 is 5.24. The van der Waals surface area contributed by atoms with Crippen LogP contribution in [-0.4, -0.2) is 23.1 Å². The standard InChI is InChI=1S/C23H21NO4/c1-15-9-8-13-19(21(15)25)23(27)28-16(2)22(26)24-20-14-7-6-12-18(20)17-10-4-3-5-11-17/h3-14,16,25H,1-2H3,(H,24,26). The van der Waals surface area contributed by atoms with Crippen LogP contribution >= 0.6 is 0 Å². The van der Waals surface area contributed by atoms with Gasteiger partial charge in [-0.15, -0.1) is 0 Å². The molecule has 0 saturated carbocycles. The minimum absolute atomic E-state index is 0.0318. The molecule has 0 fully saturated rings. The number of carbonyl (C=O) groups is 2. The second-order valence-electron chi connectivity index (χ2n) is 6.42. The second-order valence-corrected chi connectivity index (χ2v) is 6.42. The van der Waals surface area contributed by atoms with Gasteiger partial charge in [0.25, 0.3) is 5.91 Å². The lowest BCUT2D eigenvalue weighted by Crippen LogP contribution is -2.30. The number of benzene rings is 3. The molecule has 1 amide bonds. The Morgan fingerprint density at radius 3 is 2.36 bits per heavy atom. The average Bonchev–Trinajstić information content (AvgIpc) is 2.71. The smallest absolute Gasteiger partial charge is 0.342 e. The first-order chi connectivity index (χ1) is 13.5. The molecule has 28 heavy (non-hydrogen) atoms. The van der Waals surface area contributed by atoms with Crippen molar-refractivity contribution in [1.82, 2.24) is 0 Å². The summed E-state index contributed by atoms with van der Waals surface area (Å²) in [7, 11) is 0. The SMILES string of the molecule is Cc1cccc(C(=O)OC(C)C(=O)Nc2ccccc2-c2ccccc2)c1O. The Kier molecular flexibility index (Phi) is 5.75. The van der Waals surface area contributed by atoms with Crippen molar-refractivity contribution in [3.8, 4) is 16.9 Å². The fourth-order valence-corrected chi connectivity index (χ4v) is 2.80. The number of esters is 1. The maximum atomic E-state index is 12.6. The summed E-state index contributed by atoms with van der Waals surface area (Å²) in [6.45, 7) is 3.17. The Hall–Kier alpha value is -3.60. The van der Waals surface area contributed by atoms with Crippen LogP contribution in [0, 0.1) is 6.92 Å². The van der Waals surface area contributed by atoms with Crippen LogP contribution in [0.15, 0.2) is 72.8 Å². The minimum Gasteiger partial charge on any atom is -0.507 e. The molecule has 3 aromatic rings. The number of anilines is 1. The molecule has 5 nitrogen and oxygen atoms in total. The van der Waals surface area contributed by atoms with Crippen molar-refractivity contribution in [3.05, 3.63) is 83.9 Å². The number of ether oxygens (including phenoxy) is 1. The number of rotatable bonds is 5. The number of nitrogens with one attached hydrogen (secondary N) is 1.